The minimum atomic E-state index is -3.74. The molecule has 0 aliphatic heterocycles. The van der Waals surface area contributed by atoms with Crippen LogP contribution in [0.15, 0.2) is 45.8 Å². The monoisotopic (exact) mass is 388 g/mol. The van der Waals surface area contributed by atoms with E-state index >= 15 is 0 Å². The summed E-state index contributed by atoms with van der Waals surface area (Å²) < 4.78 is 29.7. The zero-order valence-corrected chi connectivity index (χ0v) is 14.7. The zero-order chi connectivity index (χ0) is 15.6. The predicted octanol–water partition coefficient (Wildman–Crippen LogP) is 4.57. The number of aryl methyl sites for hydroxylation is 2. The first kappa shape index (κ1) is 16.3. The number of hydrogen-bond acceptors (Lipinski definition) is 3. The molecule has 0 aromatic heterocycles. The van der Waals surface area contributed by atoms with Gasteiger partial charge in [-0.25, -0.2) is 8.42 Å². The van der Waals surface area contributed by atoms with Gasteiger partial charge in [-0.3, -0.25) is 0 Å². The lowest BCUT2D eigenvalue weighted by Gasteiger charge is -2.13. The van der Waals surface area contributed by atoms with Crippen LogP contribution in [0.1, 0.15) is 16.7 Å². The van der Waals surface area contributed by atoms with Gasteiger partial charge in [0.05, 0.1) is 4.90 Å². The Morgan fingerprint density at radius 1 is 1.14 bits per heavy atom. The first-order chi connectivity index (χ1) is 9.79. The number of ether oxygens (including phenoxy) is 1. The van der Waals surface area contributed by atoms with E-state index in [2.05, 4.69) is 15.9 Å². The smallest absolute Gasteiger partial charge is 0.261 e. The van der Waals surface area contributed by atoms with Crippen LogP contribution in [0.3, 0.4) is 0 Å². The molecule has 2 rings (SSSR count). The lowest BCUT2D eigenvalue weighted by atomic mass is 10.1. The molecule has 6 heteroatoms. The van der Waals surface area contributed by atoms with Crippen molar-refractivity contribution in [3.05, 3.63) is 57.6 Å². The third-order valence-electron chi connectivity index (χ3n) is 3.08. The molecule has 0 heterocycles. The van der Waals surface area contributed by atoms with Crippen LogP contribution in [0.25, 0.3) is 0 Å². The van der Waals surface area contributed by atoms with Crippen LogP contribution < -0.4 is 4.74 Å². The molecule has 0 bridgehead atoms. The van der Waals surface area contributed by atoms with E-state index in [1.165, 1.54) is 6.07 Å². The van der Waals surface area contributed by atoms with Gasteiger partial charge in [0.25, 0.3) is 9.05 Å². The summed E-state index contributed by atoms with van der Waals surface area (Å²) in [5.41, 5.74) is 2.31. The standard InChI is InChI=1S/C15H14BrClO3S/c1-10-8-15(21(17,18)19)11(2)7-14(10)20-9-12-5-3-4-6-13(12)16/h3-8H,9H2,1-2H3. The van der Waals surface area contributed by atoms with Gasteiger partial charge >= 0.3 is 0 Å². The highest BCUT2D eigenvalue weighted by Gasteiger charge is 2.16. The summed E-state index contributed by atoms with van der Waals surface area (Å²) in [5.74, 6) is 0.646. The number of benzene rings is 2. The molecule has 0 aliphatic rings. The van der Waals surface area contributed by atoms with Crippen molar-refractivity contribution in [3.63, 3.8) is 0 Å². The van der Waals surface area contributed by atoms with E-state index in [4.69, 9.17) is 15.4 Å². The fourth-order valence-corrected chi connectivity index (χ4v) is 3.61. The topological polar surface area (TPSA) is 43.4 Å². The first-order valence-corrected chi connectivity index (χ1v) is 9.31. The van der Waals surface area contributed by atoms with E-state index in [9.17, 15) is 8.42 Å². The lowest BCUT2D eigenvalue weighted by Crippen LogP contribution is -2.01. The maximum Gasteiger partial charge on any atom is 0.261 e. The van der Waals surface area contributed by atoms with E-state index in [0.717, 1.165) is 15.6 Å². The van der Waals surface area contributed by atoms with Crippen LogP contribution in [0, 0.1) is 13.8 Å². The third-order valence-corrected chi connectivity index (χ3v) is 5.31. The maximum absolute atomic E-state index is 11.5. The van der Waals surface area contributed by atoms with Gasteiger partial charge < -0.3 is 4.74 Å². The molecule has 0 spiro atoms. The Morgan fingerprint density at radius 3 is 2.43 bits per heavy atom. The van der Waals surface area contributed by atoms with Crippen LogP contribution in [0.2, 0.25) is 0 Å². The highest BCUT2D eigenvalue weighted by Crippen LogP contribution is 2.29. The highest BCUT2D eigenvalue weighted by atomic mass is 79.9. The summed E-state index contributed by atoms with van der Waals surface area (Å²) >= 11 is 3.46. The average molecular weight is 390 g/mol. The molecular formula is C15H14BrClO3S. The fourth-order valence-electron chi connectivity index (χ4n) is 1.95. The molecule has 0 N–H and O–H groups in total. The van der Waals surface area contributed by atoms with Crippen molar-refractivity contribution in [2.45, 2.75) is 25.3 Å². The van der Waals surface area contributed by atoms with Gasteiger partial charge in [-0.2, -0.15) is 0 Å². The Balaban J connectivity index is 2.26. The summed E-state index contributed by atoms with van der Waals surface area (Å²) in [7, 11) is 1.67. The van der Waals surface area contributed by atoms with E-state index < -0.39 is 9.05 Å². The van der Waals surface area contributed by atoms with Gasteiger partial charge in [-0.15, -0.1) is 0 Å². The minimum absolute atomic E-state index is 0.120. The second-order valence-electron chi connectivity index (χ2n) is 4.70. The van der Waals surface area contributed by atoms with Crippen molar-refractivity contribution in [2.75, 3.05) is 0 Å². The van der Waals surface area contributed by atoms with Gasteiger partial charge in [-0.1, -0.05) is 34.1 Å². The summed E-state index contributed by atoms with van der Waals surface area (Å²) in [6.45, 7) is 3.88. The van der Waals surface area contributed by atoms with Crippen LogP contribution in [-0.4, -0.2) is 8.42 Å². The van der Waals surface area contributed by atoms with Gasteiger partial charge in [0.15, 0.2) is 0 Å². The molecule has 2 aromatic carbocycles. The van der Waals surface area contributed by atoms with Gasteiger partial charge in [-0.05, 0) is 43.2 Å². The minimum Gasteiger partial charge on any atom is -0.489 e. The normalized spacial score (nSPS) is 11.4. The zero-order valence-electron chi connectivity index (χ0n) is 11.6. The molecule has 0 fully saturated rings. The number of rotatable bonds is 4. The van der Waals surface area contributed by atoms with Crippen LogP contribution >= 0.6 is 26.6 Å². The summed E-state index contributed by atoms with van der Waals surface area (Å²) in [5, 5.41) is 0. The van der Waals surface area contributed by atoms with Crippen LogP contribution in [0.5, 0.6) is 5.75 Å². The molecule has 0 amide bonds. The SMILES string of the molecule is Cc1cc(S(=O)(=O)Cl)c(C)cc1OCc1ccccc1Br. The molecule has 2 aromatic rings. The predicted molar refractivity (Wildman–Crippen MR) is 87.4 cm³/mol. The summed E-state index contributed by atoms with van der Waals surface area (Å²) in [6, 6.07) is 11.0. The molecule has 0 radical (unpaired) electrons. The maximum atomic E-state index is 11.5. The molecule has 3 nitrogen and oxygen atoms in total. The molecule has 0 unspecified atom stereocenters. The Morgan fingerprint density at radius 2 is 1.81 bits per heavy atom. The Kier molecular flexibility index (Phi) is 4.96. The second-order valence-corrected chi connectivity index (χ2v) is 8.09. The largest absolute Gasteiger partial charge is 0.489 e. The van der Waals surface area contributed by atoms with E-state index in [1.54, 1.807) is 19.9 Å². The Hall–Kier alpha value is -1.04. The lowest BCUT2D eigenvalue weighted by molar-refractivity contribution is 0.303. The number of halogens is 2. The average Bonchev–Trinajstić information content (AvgIpc) is 2.39. The van der Waals surface area contributed by atoms with E-state index in [0.29, 0.717) is 17.9 Å². The quantitative estimate of drug-likeness (QED) is 0.719. The Labute approximate surface area is 137 Å². The van der Waals surface area contributed by atoms with Crippen molar-refractivity contribution in [1.82, 2.24) is 0 Å². The molecule has 21 heavy (non-hydrogen) atoms. The van der Waals surface area contributed by atoms with Crippen molar-refractivity contribution in [3.8, 4) is 5.75 Å². The number of hydrogen-bond donors (Lipinski definition) is 0. The molecule has 0 saturated carbocycles. The van der Waals surface area contributed by atoms with Crippen LogP contribution in [-0.2, 0) is 15.7 Å². The van der Waals surface area contributed by atoms with Gasteiger partial charge in [0.1, 0.15) is 12.4 Å². The van der Waals surface area contributed by atoms with E-state index in [-0.39, 0.29) is 4.90 Å². The first-order valence-electron chi connectivity index (χ1n) is 6.21. The van der Waals surface area contributed by atoms with Crippen molar-refractivity contribution < 1.29 is 13.2 Å². The molecule has 112 valence electrons. The van der Waals surface area contributed by atoms with Crippen molar-refractivity contribution in [1.29, 1.82) is 0 Å². The fraction of sp³-hybridized carbons (Fsp3) is 0.200. The van der Waals surface area contributed by atoms with Gasteiger partial charge in [0, 0.05) is 20.7 Å². The van der Waals surface area contributed by atoms with E-state index in [1.807, 2.05) is 24.3 Å². The molecule has 0 atom stereocenters. The highest BCUT2D eigenvalue weighted by molar-refractivity contribution is 9.10. The van der Waals surface area contributed by atoms with Crippen molar-refractivity contribution >= 4 is 35.7 Å². The van der Waals surface area contributed by atoms with Crippen LogP contribution in [0.4, 0.5) is 0 Å². The summed E-state index contributed by atoms with van der Waals surface area (Å²) in [6.07, 6.45) is 0. The van der Waals surface area contributed by atoms with Crippen molar-refractivity contribution in [2.24, 2.45) is 0 Å². The molecular weight excluding hydrogens is 376 g/mol. The molecule has 0 aliphatic carbocycles. The van der Waals surface area contributed by atoms with Gasteiger partial charge in [0.2, 0.25) is 0 Å². The molecule has 0 saturated heterocycles. The second kappa shape index (κ2) is 6.38. The Bertz CT molecular complexity index is 772. The summed E-state index contributed by atoms with van der Waals surface area (Å²) in [4.78, 5) is 0.120. The third kappa shape index (κ3) is 3.99.